The van der Waals surface area contributed by atoms with Crippen molar-refractivity contribution in [3.8, 4) is 5.75 Å². The Kier molecular flexibility index (Phi) is 5.94. The zero-order valence-corrected chi connectivity index (χ0v) is 20.2. The Bertz CT molecular complexity index is 1540. The van der Waals surface area contributed by atoms with Gasteiger partial charge in [-0.15, -0.1) is 0 Å². The maximum absolute atomic E-state index is 14.4. The summed E-state index contributed by atoms with van der Waals surface area (Å²) in [5, 5.41) is 0.384. The van der Waals surface area contributed by atoms with E-state index in [-0.39, 0.29) is 40.5 Å². The molecule has 1 amide bonds. The summed E-state index contributed by atoms with van der Waals surface area (Å²) in [5.41, 5.74) is 3.62. The van der Waals surface area contributed by atoms with Crippen molar-refractivity contribution in [2.45, 2.75) is 25.2 Å². The highest BCUT2D eigenvalue weighted by Crippen LogP contribution is 2.55. The van der Waals surface area contributed by atoms with E-state index >= 15 is 0 Å². The highest BCUT2D eigenvalue weighted by Gasteiger charge is 2.63. The van der Waals surface area contributed by atoms with Gasteiger partial charge in [0.15, 0.2) is 5.75 Å². The van der Waals surface area contributed by atoms with Crippen LogP contribution in [-0.4, -0.2) is 38.1 Å². The van der Waals surface area contributed by atoms with Crippen molar-refractivity contribution in [2.24, 2.45) is 5.73 Å². The minimum Gasteiger partial charge on any atom is -0.468 e. The molecule has 0 unspecified atom stereocenters. The summed E-state index contributed by atoms with van der Waals surface area (Å²) in [5.74, 6) is -2.74. The number of esters is 2. The Balaban J connectivity index is 1.86. The van der Waals surface area contributed by atoms with E-state index in [1.807, 2.05) is 6.92 Å². The van der Waals surface area contributed by atoms with E-state index in [9.17, 15) is 19.2 Å². The number of rotatable bonds is 6. The minimum absolute atomic E-state index is 0.00229. The third kappa shape index (κ3) is 3.47. The lowest BCUT2D eigenvalue weighted by Crippen LogP contribution is -2.51. The summed E-state index contributed by atoms with van der Waals surface area (Å²) < 4.78 is 21.8. The van der Waals surface area contributed by atoms with Gasteiger partial charge in [0.05, 0.1) is 19.1 Å². The van der Waals surface area contributed by atoms with Crippen LogP contribution in [0.25, 0.3) is 11.0 Å². The lowest BCUT2D eigenvalue weighted by Gasteiger charge is -2.35. The predicted octanol–water partition coefficient (Wildman–Crippen LogP) is 2.50. The minimum atomic E-state index is -2.07. The molecule has 10 heteroatoms. The maximum atomic E-state index is 14.4. The zero-order valence-electron chi connectivity index (χ0n) is 20.2. The largest absolute Gasteiger partial charge is 0.468 e. The maximum Gasteiger partial charge on any atom is 0.345 e. The fraction of sp³-hybridized carbons (Fsp3) is 0.259. The van der Waals surface area contributed by atoms with Gasteiger partial charge in [0.2, 0.25) is 11.8 Å². The molecule has 3 aromatic rings. The van der Waals surface area contributed by atoms with Crippen molar-refractivity contribution in [3.63, 3.8) is 0 Å². The Labute approximate surface area is 211 Å². The SMILES string of the molecule is CCCCOC(=O)C1=C(N)Oc2c(c(=O)oc3ccccc23)[C@]12C(=O)N(CC(=O)OC)c1ccccc12. The van der Waals surface area contributed by atoms with Gasteiger partial charge in [-0.3, -0.25) is 14.5 Å². The van der Waals surface area contributed by atoms with Gasteiger partial charge >= 0.3 is 17.6 Å². The number of nitrogens with two attached hydrogens (primary N) is 1. The Morgan fingerprint density at radius 2 is 1.81 bits per heavy atom. The van der Waals surface area contributed by atoms with Crippen LogP contribution in [0.5, 0.6) is 5.75 Å². The van der Waals surface area contributed by atoms with Gasteiger partial charge in [0.25, 0.3) is 0 Å². The molecule has 10 nitrogen and oxygen atoms in total. The topological polar surface area (TPSA) is 138 Å². The van der Waals surface area contributed by atoms with Crippen molar-refractivity contribution < 1.29 is 33.0 Å². The number of benzene rings is 2. The summed E-state index contributed by atoms with van der Waals surface area (Å²) in [6.45, 7) is 1.55. The molecule has 2 aliphatic heterocycles. The number of ether oxygens (including phenoxy) is 3. The monoisotopic (exact) mass is 504 g/mol. The third-order valence-corrected chi connectivity index (χ3v) is 6.59. The molecule has 1 aromatic heterocycles. The van der Waals surface area contributed by atoms with E-state index in [1.54, 1.807) is 48.5 Å². The average molecular weight is 504 g/mol. The fourth-order valence-electron chi connectivity index (χ4n) is 4.94. The van der Waals surface area contributed by atoms with Gasteiger partial charge in [-0.1, -0.05) is 43.7 Å². The lowest BCUT2D eigenvalue weighted by molar-refractivity contribution is -0.141. The molecular formula is C27H24N2O8. The number of carbonyl (C=O) groups excluding carboxylic acids is 3. The first-order valence-electron chi connectivity index (χ1n) is 11.8. The molecule has 0 bridgehead atoms. The van der Waals surface area contributed by atoms with E-state index in [2.05, 4.69) is 0 Å². The van der Waals surface area contributed by atoms with Gasteiger partial charge in [0, 0.05) is 11.3 Å². The number of carbonyl (C=O) groups is 3. The van der Waals surface area contributed by atoms with Crippen LogP contribution >= 0.6 is 0 Å². The van der Waals surface area contributed by atoms with E-state index < -0.39 is 35.4 Å². The average Bonchev–Trinajstić information content (AvgIpc) is 3.12. The first kappa shape index (κ1) is 24.1. The zero-order chi connectivity index (χ0) is 26.3. The molecule has 190 valence electrons. The molecule has 2 aromatic carbocycles. The van der Waals surface area contributed by atoms with Gasteiger partial charge in [0.1, 0.15) is 28.7 Å². The van der Waals surface area contributed by atoms with Crippen molar-refractivity contribution in [1.29, 1.82) is 0 Å². The van der Waals surface area contributed by atoms with Crippen LogP contribution in [0.4, 0.5) is 5.69 Å². The van der Waals surface area contributed by atoms with E-state index in [0.717, 1.165) is 11.3 Å². The van der Waals surface area contributed by atoms with Crippen LogP contribution in [0.3, 0.4) is 0 Å². The van der Waals surface area contributed by atoms with Crippen LogP contribution in [0.1, 0.15) is 30.9 Å². The molecule has 0 aliphatic carbocycles. The lowest BCUT2D eigenvalue weighted by atomic mass is 9.68. The van der Waals surface area contributed by atoms with E-state index in [4.69, 9.17) is 24.4 Å². The number of hydrogen-bond acceptors (Lipinski definition) is 9. The first-order chi connectivity index (χ1) is 17.9. The number of fused-ring (bicyclic) bond motifs is 6. The van der Waals surface area contributed by atoms with E-state index in [0.29, 0.717) is 17.5 Å². The molecule has 3 heterocycles. The quantitative estimate of drug-likeness (QED) is 0.305. The summed E-state index contributed by atoms with van der Waals surface area (Å²) >= 11 is 0. The van der Waals surface area contributed by atoms with Crippen molar-refractivity contribution in [2.75, 3.05) is 25.2 Å². The molecule has 1 atom stereocenters. The van der Waals surface area contributed by atoms with Gasteiger partial charge in [-0.05, 0) is 24.6 Å². The second-order valence-corrected chi connectivity index (χ2v) is 8.66. The Hall–Kier alpha value is -4.60. The number of nitrogens with zero attached hydrogens (tertiary/aromatic N) is 1. The predicted molar refractivity (Wildman–Crippen MR) is 132 cm³/mol. The Morgan fingerprint density at radius 1 is 1.08 bits per heavy atom. The van der Waals surface area contributed by atoms with Crippen LogP contribution in [-0.2, 0) is 29.3 Å². The number of para-hydroxylation sites is 2. The molecule has 2 aliphatic rings. The molecule has 5 rings (SSSR count). The number of methoxy groups -OCH3 is 1. The highest BCUT2D eigenvalue weighted by atomic mass is 16.5. The number of hydrogen-bond donors (Lipinski definition) is 1. The second kappa shape index (κ2) is 9.12. The van der Waals surface area contributed by atoms with E-state index in [1.165, 1.54) is 7.11 Å². The normalized spacial score (nSPS) is 18.0. The highest BCUT2D eigenvalue weighted by molar-refractivity contribution is 6.20. The van der Waals surface area contributed by atoms with Crippen LogP contribution in [0.15, 0.2) is 69.2 Å². The van der Waals surface area contributed by atoms with Crippen molar-refractivity contribution in [1.82, 2.24) is 0 Å². The first-order valence-corrected chi connectivity index (χ1v) is 11.8. The fourth-order valence-corrected chi connectivity index (χ4v) is 4.94. The van der Waals surface area contributed by atoms with Crippen LogP contribution in [0.2, 0.25) is 0 Å². The molecule has 0 fully saturated rings. The molecule has 1 spiro atoms. The molecule has 2 N–H and O–H groups in total. The molecular weight excluding hydrogens is 480 g/mol. The van der Waals surface area contributed by atoms with Gasteiger partial charge in [-0.2, -0.15) is 0 Å². The summed E-state index contributed by atoms with van der Waals surface area (Å²) in [7, 11) is 1.20. The van der Waals surface area contributed by atoms with Gasteiger partial charge in [-0.25, -0.2) is 9.59 Å². The molecule has 0 saturated heterocycles. The second-order valence-electron chi connectivity index (χ2n) is 8.66. The van der Waals surface area contributed by atoms with Crippen molar-refractivity contribution in [3.05, 3.63) is 81.5 Å². The summed E-state index contributed by atoms with van der Waals surface area (Å²) in [6.07, 6.45) is 1.34. The summed E-state index contributed by atoms with van der Waals surface area (Å²) in [4.78, 5) is 55.0. The van der Waals surface area contributed by atoms with Crippen molar-refractivity contribution >= 4 is 34.5 Å². The van der Waals surface area contributed by atoms with Gasteiger partial charge < -0.3 is 24.4 Å². The Morgan fingerprint density at radius 3 is 2.57 bits per heavy atom. The molecule has 37 heavy (non-hydrogen) atoms. The molecule has 0 saturated carbocycles. The number of unbranched alkanes of at least 4 members (excludes halogenated alkanes) is 1. The third-order valence-electron chi connectivity index (χ3n) is 6.59. The summed E-state index contributed by atoms with van der Waals surface area (Å²) in [6, 6.07) is 13.2. The number of amides is 1. The number of anilines is 1. The standard InChI is InChI=1S/C27H24N2O8/c1-3-4-13-35-24(31)21-23(28)37-22-15-9-5-8-12-18(15)36-25(32)20(22)27(21)16-10-6-7-11-17(16)29(26(27)33)14-19(30)34-2/h5-12H,3-4,13-14,28H2,1-2H3/t27-/m0/s1. The smallest absolute Gasteiger partial charge is 0.345 e. The molecule has 0 radical (unpaired) electrons. The van der Waals surface area contributed by atoms with Crippen LogP contribution in [0, 0.1) is 0 Å². The van der Waals surface area contributed by atoms with Crippen LogP contribution < -0.4 is 21.0 Å².